The predicted octanol–water partition coefficient (Wildman–Crippen LogP) is 4.48. The number of benzene rings is 2. The summed E-state index contributed by atoms with van der Waals surface area (Å²) < 4.78 is 19.8. The van der Waals surface area contributed by atoms with Crippen molar-refractivity contribution in [2.45, 2.75) is 32.2 Å². The van der Waals surface area contributed by atoms with Crippen LogP contribution in [0.2, 0.25) is 0 Å². The third kappa shape index (κ3) is 2.05. The van der Waals surface area contributed by atoms with Crippen molar-refractivity contribution in [3.05, 3.63) is 58.9 Å². The summed E-state index contributed by atoms with van der Waals surface area (Å²) >= 11 is 0. The van der Waals surface area contributed by atoms with E-state index >= 15 is 0 Å². The first-order valence-corrected chi connectivity index (χ1v) is 8.23. The molecule has 4 heteroatoms. The summed E-state index contributed by atoms with van der Waals surface area (Å²) in [6.45, 7) is 6.36. The molecule has 0 bridgehead atoms. The second kappa shape index (κ2) is 5.07. The van der Waals surface area contributed by atoms with Crippen LogP contribution in [0.4, 0.5) is 10.1 Å². The number of fused-ring (bicyclic) bond motifs is 4. The predicted molar refractivity (Wildman–Crippen MR) is 91.2 cm³/mol. The normalized spacial score (nSPS) is 23.2. The summed E-state index contributed by atoms with van der Waals surface area (Å²) in [4.78, 5) is 11.7. The van der Waals surface area contributed by atoms with Crippen LogP contribution < -0.4 is 10.1 Å². The molecule has 2 unspecified atom stereocenters. The molecular formula is C20H20FNO2. The highest BCUT2D eigenvalue weighted by molar-refractivity contribution is 5.95. The van der Waals surface area contributed by atoms with Crippen molar-refractivity contribution in [3.63, 3.8) is 0 Å². The van der Waals surface area contributed by atoms with Gasteiger partial charge >= 0.3 is 0 Å². The molecule has 124 valence electrons. The van der Waals surface area contributed by atoms with Gasteiger partial charge in [0.25, 0.3) is 0 Å². The highest BCUT2D eigenvalue weighted by Crippen LogP contribution is 2.52. The van der Waals surface area contributed by atoms with E-state index in [-0.39, 0.29) is 29.0 Å². The molecule has 24 heavy (non-hydrogen) atoms. The lowest BCUT2D eigenvalue weighted by Crippen LogP contribution is -2.46. The lowest BCUT2D eigenvalue weighted by atomic mass is 9.65. The molecule has 1 N–H and O–H groups in total. The fourth-order valence-electron chi connectivity index (χ4n) is 4.00. The Morgan fingerprint density at radius 1 is 1.29 bits per heavy atom. The lowest BCUT2D eigenvalue weighted by Gasteiger charge is -2.48. The second-order valence-corrected chi connectivity index (χ2v) is 7.24. The zero-order valence-corrected chi connectivity index (χ0v) is 14.0. The zero-order valence-electron chi connectivity index (χ0n) is 14.0. The Morgan fingerprint density at radius 2 is 2.08 bits per heavy atom. The minimum atomic E-state index is -0.316. The molecule has 0 aliphatic carbocycles. The number of nitrogens with one attached hydrogen (secondary N) is 1. The average molecular weight is 325 g/mol. The van der Waals surface area contributed by atoms with Crippen LogP contribution in [0.3, 0.4) is 0 Å². The van der Waals surface area contributed by atoms with E-state index in [2.05, 4.69) is 19.2 Å². The number of halogens is 1. The van der Waals surface area contributed by atoms with Gasteiger partial charge in [0.1, 0.15) is 0 Å². The van der Waals surface area contributed by atoms with Crippen molar-refractivity contribution < 1.29 is 13.9 Å². The Bertz CT molecular complexity index is 844. The first-order chi connectivity index (χ1) is 11.4. The topological polar surface area (TPSA) is 38.3 Å². The van der Waals surface area contributed by atoms with Crippen LogP contribution in [0.15, 0.2) is 36.4 Å². The third-order valence-electron chi connectivity index (χ3n) is 5.50. The van der Waals surface area contributed by atoms with Crippen LogP contribution in [0.1, 0.15) is 48.3 Å². The largest absolute Gasteiger partial charge is 0.490 e. The summed E-state index contributed by atoms with van der Waals surface area (Å²) in [6, 6.07) is 10.8. The minimum absolute atomic E-state index is 0.00451. The van der Waals surface area contributed by atoms with Crippen LogP contribution in [0.25, 0.3) is 0 Å². The Kier molecular flexibility index (Phi) is 3.21. The van der Waals surface area contributed by atoms with Gasteiger partial charge in [-0.15, -0.1) is 0 Å². The number of carbonyl (C=O) groups is 1. The molecule has 0 fully saturated rings. The molecule has 2 heterocycles. The van der Waals surface area contributed by atoms with E-state index in [1.807, 2.05) is 24.3 Å². The van der Waals surface area contributed by atoms with E-state index in [1.54, 1.807) is 13.0 Å². The molecule has 2 aromatic rings. The first-order valence-electron chi connectivity index (χ1n) is 8.23. The average Bonchev–Trinajstić information content (AvgIpc) is 2.55. The summed E-state index contributed by atoms with van der Waals surface area (Å²) in [5, 5.41) is 3.55. The van der Waals surface area contributed by atoms with Gasteiger partial charge in [0.2, 0.25) is 0 Å². The van der Waals surface area contributed by atoms with Crippen molar-refractivity contribution in [2.24, 2.45) is 5.92 Å². The monoisotopic (exact) mass is 325 g/mol. The summed E-state index contributed by atoms with van der Waals surface area (Å²) in [5.74, 6) is 0.249. The van der Waals surface area contributed by atoms with Crippen molar-refractivity contribution >= 4 is 11.5 Å². The van der Waals surface area contributed by atoms with Gasteiger partial charge in [0, 0.05) is 28.1 Å². The molecule has 0 aromatic heterocycles. The molecule has 3 nitrogen and oxygen atoms in total. The number of anilines is 1. The van der Waals surface area contributed by atoms with Gasteiger partial charge in [-0.25, -0.2) is 4.39 Å². The Labute approximate surface area is 140 Å². The van der Waals surface area contributed by atoms with Gasteiger partial charge in [-0.05, 0) is 36.8 Å². The van der Waals surface area contributed by atoms with Crippen LogP contribution in [0, 0.1) is 11.7 Å². The molecule has 4 rings (SSSR count). The van der Waals surface area contributed by atoms with Crippen molar-refractivity contribution in [3.8, 4) is 5.75 Å². The highest BCUT2D eigenvalue weighted by Gasteiger charge is 2.46. The maximum absolute atomic E-state index is 14.1. The van der Waals surface area contributed by atoms with E-state index in [1.165, 1.54) is 6.07 Å². The fraction of sp³-hybridized carbons (Fsp3) is 0.350. The molecule has 0 saturated heterocycles. The lowest BCUT2D eigenvalue weighted by molar-refractivity contribution is 0.101. The van der Waals surface area contributed by atoms with E-state index in [4.69, 9.17) is 4.74 Å². The number of hydrogen-bond donors (Lipinski definition) is 1. The third-order valence-corrected chi connectivity index (χ3v) is 5.50. The molecule has 2 aliphatic rings. The fourth-order valence-corrected chi connectivity index (χ4v) is 4.00. The van der Waals surface area contributed by atoms with Crippen molar-refractivity contribution in [2.75, 3.05) is 11.9 Å². The number of ether oxygens (including phenoxy) is 1. The van der Waals surface area contributed by atoms with Crippen LogP contribution in [-0.2, 0) is 5.41 Å². The van der Waals surface area contributed by atoms with Gasteiger partial charge in [0.15, 0.2) is 17.3 Å². The molecule has 0 saturated carbocycles. The van der Waals surface area contributed by atoms with Gasteiger partial charge in [-0.2, -0.15) is 0 Å². The number of carbonyl (C=O) groups excluding carboxylic acids is 1. The van der Waals surface area contributed by atoms with E-state index < -0.39 is 0 Å². The van der Waals surface area contributed by atoms with Gasteiger partial charge in [0.05, 0.1) is 12.6 Å². The summed E-state index contributed by atoms with van der Waals surface area (Å²) in [5.41, 5.74) is 3.50. The molecule has 0 spiro atoms. The molecule has 2 aromatic carbocycles. The maximum Gasteiger partial charge on any atom is 0.165 e. The number of para-hydroxylation sites is 1. The number of ketones is 1. The van der Waals surface area contributed by atoms with Gasteiger partial charge < -0.3 is 10.1 Å². The molecule has 0 radical (unpaired) electrons. The Morgan fingerprint density at radius 3 is 2.83 bits per heavy atom. The number of hydrogen-bond acceptors (Lipinski definition) is 3. The minimum Gasteiger partial charge on any atom is -0.490 e. The van der Waals surface area contributed by atoms with Gasteiger partial charge in [-0.3, -0.25) is 4.79 Å². The second-order valence-electron chi connectivity index (χ2n) is 7.24. The van der Waals surface area contributed by atoms with Crippen molar-refractivity contribution in [1.29, 1.82) is 0 Å². The van der Waals surface area contributed by atoms with E-state index in [0.29, 0.717) is 17.9 Å². The Hall–Kier alpha value is -2.36. The molecule has 2 aliphatic heterocycles. The SMILES string of the molecule is CC(=O)c1ccc2c(c1)C(C)(C)C1COc3c(F)cccc3C1N2. The standard InChI is InChI=1S/C20H20FNO2/c1-11(23)12-7-8-17-14(9-12)20(2,3)15-10-24-19-13(18(15)22-17)5-4-6-16(19)21/h4-9,15,18,22H,10H2,1-3H3. The molecule has 0 amide bonds. The highest BCUT2D eigenvalue weighted by atomic mass is 19.1. The van der Waals surface area contributed by atoms with Crippen LogP contribution >= 0.6 is 0 Å². The van der Waals surface area contributed by atoms with Crippen molar-refractivity contribution in [1.82, 2.24) is 0 Å². The van der Waals surface area contributed by atoms with Gasteiger partial charge in [-0.1, -0.05) is 26.0 Å². The first kappa shape index (κ1) is 15.2. The number of rotatable bonds is 1. The molecular weight excluding hydrogens is 305 g/mol. The Balaban J connectivity index is 1.86. The zero-order chi connectivity index (χ0) is 17.1. The summed E-state index contributed by atoms with van der Waals surface area (Å²) in [6.07, 6.45) is 0. The summed E-state index contributed by atoms with van der Waals surface area (Å²) in [7, 11) is 0. The van der Waals surface area contributed by atoms with E-state index in [0.717, 1.165) is 16.8 Å². The smallest absolute Gasteiger partial charge is 0.165 e. The van der Waals surface area contributed by atoms with Crippen LogP contribution in [0.5, 0.6) is 5.75 Å². The molecule has 2 atom stereocenters. The van der Waals surface area contributed by atoms with Crippen LogP contribution in [-0.4, -0.2) is 12.4 Å². The maximum atomic E-state index is 14.1. The number of Topliss-reactive ketones (excluding diaryl/α,β-unsaturated/α-hetero) is 1. The quantitative estimate of drug-likeness (QED) is 0.786. The van der Waals surface area contributed by atoms with E-state index in [9.17, 15) is 9.18 Å².